The molecule has 0 aliphatic carbocycles. The summed E-state index contributed by atoms with van der Waals surface area (Å²) in [4.78, 5) is 33.5. The second kappa shape index (κ2) is 9.42. The summed E-state index contributed by atoms with van der Waals surface area (Å²) in [5, 5.41) is 1.12. The van der Waals surface area contributed by atoms with E-state index in [1.54, 1.807) is 24.5 Å². The minimum atomic E-state index is -0.353. The molecule has 1 aliphatic rings. The number of rotatable bonds is 4. The first kappa shape index (κ1) is 24.1. The Labute approximate surface area is 220 Å². The number of Topliss-reactive ketones (excluding diaryl/α,β-unsaturated/α-hetero) is 1. The fourth-order valence-electron chi connectivity index (χ4n) is 5.08. The number of aryl methyl sites for hydroxylation is 1. The molecule has 0 saturated carbocycles. The molecule has 1 aliphatic heterocycles. The van der Waals surface area contributed by atoms with Crippen molar-refractivity contribution in [1.82, 2.24) is 24.5 Å². The Kier molecular flexibility index (Phi) is 6.47. The number of pyridine rings is 2. The molecule has 7 nitrogen and oxygen atoms in total. The second-order valence-electron chi connectivity index (χ2n) is 9.01. The molecular weight excluding hydrogens is 582 g/mol. The number of ketones is 1. The molecule has 0 bridgehead atoms. The number of fused-ring (bicyclic) bond motifs is 1. The van der Waals surface area contributed by atoms with Crippen molar-refractivity contribution < 1.29 is 9.18 Å². The highest BCUT2D eigenvalue weighted by Gasteiger charge is 2.37. The van der Waals surface area contributed by atoms with Gasteiger partial charge in [-0.25, -0.2) is 24.3 Å². The van der Waals surface area contributed by atoms with Crippen molar-refractivity contribution in [1.29, 1.82) is 0 Å². The third-order valence-corrected chi connectivity index (χ3v) is 7.63. The van der Waals surface area contributed by atoms with E-state index in [-0.39, 0.29) is 29.6 Å². The van der Waals surface area contributed by atoms with Crippen LogP contribution in [0.3, 0.4) is 0 Å². The molecule has 4 aromatic heterocycles. The monoisotopic (exact) mass is 604 g/mol. The van der Waals surface area contributed by atoms with E-state index in [4.69, 9.17) is 16.6 Å². The van der Waals surface area contributed by atoms with Crippen LogP contribution in [0.1, 0.15) is 37.0 Å². The lowest BCUT2D eigenvalue weighted by atomic mass is 9.82. The number of carbonyl (C=O) groups is 1. The number of hydrogen-bond donors (Lipinski definition) is 0. The van der Waals surface area contributed by atoms with Crippen LogP contribution in [0.4, 0.5) is 10.2 Å². The predicted octanol–water partition coefficient (Wildman–Crippen LogP) is 5.70. The summed E-state index contributed by atoms with van der Waals surface area (Å²) in [5.41, 5.74) is 1.76. The van der Waals surface area contributed by atoms with Gasteiger partial charge >= 0.3 is 0 Å². The molecule has 1 fully saturated rings. The van der Waals surface area contributed by atoms with Gasteiger partial charge in [-0.1, -0.05) is 11.6 Å². The van der Waals surface area contributed by atoms with Gasteiger partial charge in [0.2, 0.25) is 0 Å². The third kappa shape index (κ3) is 4.40. The molecule has 0 radical (unpaired) electrons. The van der Waals surface area contributed by atoms with Gasteiger partial charge in [0, 0.05) is 54.6 Å². The maximum Gasteiger partial charge on any atom is 0.179 e. The molecular formula is C25H23ClFIN6O. The number of nitrogens with zero attached hydrogens (tertiary/aromatic N) is 6. The maximum atomic E-state index is 13.7. The Morgan fingerprint density at radius 3 is 2.49 bits per heavy atom. The number of aromatic nitrogens is 5. The smallest absolute Gasteiger partial charge is 0.179 e. The van der Waals surface area contributed by atoms with E-state index in [0.717, 1.165) is 14.8 Å². The highest BCUT2D eigenvalue weighted by atomic mass is 127. The van der Waals surface area contributed by atoms with Crippen LogP contribution in [-0.2, 0) is 7.05 Å². The van der Waals surface area contributed by atoms with Crippen molar-refractivity contribution in [3.8, 4) is 11.5 Å². The van der Waals surface area contributed by atoms with Crippen LogP contribution in [0.15, 0.2) is 43.0 Å². The predicted molar refractivity (Wildman–Crippen MR) is 142 cm³/mol. The fraction of sp³-hybridized carbons (Fsp3) is 0.320. The van der Waals surface area contributed by atoms with Crippen LogP contribution in [0.5, 0.6) is 0 Å². The van der Waals surface area contributed by atoms with E-state index in [2.05, 4.69) is 56.3 Å². The van der Waals surface area contributed by atoms with E-state index < -0.39 is 0 Å². The summed E-state index contributed by atoms with van der Waals surface area (Å²) < 4.78 is 16.2. The first-order valence-electron chi connectivity index (χ1n) is 11.3. The van der Waals surface area contributed by atoms with Crippen LogP contribution in [0, 0.1) is 15.3 Å². The number of hydrogen-bond acceptors (Lipinski definition) is 6. The molecule has 2 atom stereocenters. The van der Waals surface area contributed by atoms with E-state index in [0.29, 0.717) is 40.6 Å². The normalized spacial score (nSPS) is 20.4. The van der Waals surface area contributed by atoms with Crippen molar-refractivity contribution in [2.75, 3.05) is 4.90 Å². The Hall–Kier alpha value is -2.66. The zero-order valence-electron chi connectivity index (χ0n) is 19.4. The van der Waals surface area contributed by atoms with Gasteiger partial charge in [0.15, 0.2) is 11.6 Å². The first-order chi connectivity index (χ1) is 16.7. The van der Waals surface area contributed by atoms with E-state index in [1.807, 2.05) is 17.8 Å². The number of carbonyl (C=O) groups excluding carboxylic acids is 1. The van der Waals surface area contributed by atoms with Crippen molar-refractivity contribution in [3.63, 3.8) is 0 Å². The summed E-state index contributed by atoms with van der Waals surface area (Å²) in [5.74, 6) is 0.768. The summed E-state index contributed by atoms with van der Waals surface area (Å²) in [6, 6.07) is 5.14. The van der Waals surface area contributed by atoms with Crippen LogP contribution in [0.2, 0.25) is 5.02 Å². The lowest BCUT2D eigenvalue weighted by molar-refractivity contribution is 0.0878. The average Bonchev–Trinajstić information content (AvgIpc) is 3.14. The van der Waals surface area contributed by atoms with E-state index in [9.17, 15) is 9.18 Å². The highest BCUT2D eigenvalue weighted by molar-refractivity contribution is 14.1. The van der Waals surface area contributed by atoms with Crippen molar-refractivity contribution in [2.24, 2.45) is 13.0 Å². The van der Waals surface area contributed by atoms with E-state index in [1.165, 1.54) is 12.3 Å². The minimum Gasteiger partial charge on any atom is -0.350 e. The van der Waals surface area contributed by atoms with Gasteiger partial charge in [-0.3, -0.25) is 4.79 Å². The molecule has 0 N–H and O–H groups in total. The Morgan fingerprint density at radius 1 is 1.14 bits per heavy atom. The lowest BCUT2D eigenvalue weighted by Crippen LogP contribution is -2.49. The molecule has 180 valence electrons. The summed E-state index contributed by atoms with van der Waals surface area (Å²) in [7, 11) is 1.87. The van der Waals surface area contributed by atoms with Crippen molar-refractivity contribution in [2.45, 2.75) is 38.8 Å². The van der Waals surface area contributed by atoms with Gasteiger partial charge in [-0.15, -0.1) is 0 Å². The Balaban J connectivity index is 1.45. The zero-order chi connectivity index (χ0) is 24.9. The van der Waals surface area contributed by atoms with Crippen molar-refractivity contribution in [3.05, 3.63) is 63.0 Å². The fourth-order valence-corrected chi connectivity index (χ4v) is 6.03. The van der Waals surface area contributed by atoms with Crippen LogP contribution >= 0.6 is 34.2 Å². The second-order valence-corrected chi connectivity index (χ2v) is 10.6. The molecule has 4 aromatic rings. The molecule has 0 aromatic carbocycles. The lowest BCUT2D eigenvalue weighted by Gasteiger charge is -2.43. The van der Waals surface area contributed by atoms with Crippen LogP contribution < -0.4 is 4.90 Å². The van der Waals surface area contributed by atoms with Gasteiger partial charge in [0.25, 0.3) is 0 Å². The maximum absolute atomic E-state index is 13.7. The van der Waals surface area contributed by atoms with Gasteiger partial charge in [-0.05, 0) is 67.5 Å². The van der Waals surface area contributed by atoms with Gasteiger partial charge in [0.05, 0.1) is 14.8 Å². The third-order valence-electron chi connectivity index (χ3n) is 6.55. The zero-order valence-corrected chi connectivity index (χ0v) is 22.3. The molecule has 0 unspecified atom stereocenters. The molecule has 10 heteroatoms. The standard InChI is InChI=1S/C25H23ClFIN6O/c1-13-7-15(8-14(2)34(13)25-20(28)9-16(27)11-31-25)22(35)18-12-33(3)24-17(18)10-19(26)21(32-24)23-29-5-4-6-30-23/h4-6,9-15H,7-8H2,1-3H3/t13-,14-/m1/s1. The quantitative estimate of drug-likeness (QED) is 0.220. The topological polar surface area (TPSA) is 76.8 Å². The van der Waals surface area contributed by atoms with Crippen LogP contribution in [-0.4, -0.2) is 42.4 Å². The van der Waals surface area contributed by atoms with Gasteiger partial charge in [-0.2, -0.15) is 0 Å². The summed E-state index contributed by atoms with van der Waals surface area (Å²) >= 11 is 8.68. The van der Waals surface area contributed by atoms with Crippen LogP contribution in [0.25, 0.3) is 22.6 Å². The number of anilines is 1. The summed E-state index contributed by atoms with van der Waals surface area (Å²) in [6.07, 6.45) is 7.70. The molecule has 5 rings (SSSR count). The summed E-state index contributed by atoms with van der Waals surface area (Å²) in [6.45, 7) is 4.18. The Bertz CT molecular complexity index is 1420. The Morgan fingerprint density at radius 2 is 1.83 bits per heavy atom. The van der Waals surface area contributed by atoms with Crippen molar-refractivity contribution >= 4 is 56.8 Å². The molecule has 5 heterocycles. The van der Waals surface area contributed by atoms with Gasteiger partial charge in [0.1, 0.15) is 23.0 Å². The highest BCUT2D eigenvalue weighted by Crippen LogP contribution is 2.37. The number of piperidine rings is 1. The largest absolute Gasteiger partial charge is 0.350 e. The molecule has 0 amide bonds. The van der Waals surface area contributed by atoms with Gasteiger partial charge < -0.3 is 9.47 Å². The number of halogens is 3. The molecule has 0 spiro atoms. The van der Waals surface area contributed by atoms with E-state index >= 15 is 0 Å². The first-order valence-corrected chi connectivity index (χ1v) is 12.8. The SMILES string of the molecule is C[C@@H]1CC(C(=O)c2cn(C)c3nc(-c4ncccn4)c(Cl)cc23)C[C@@H](C)N1c1ncc(F)cc1I. The minimum absolute atomic E-state index is 0.0673. The average molecular weight is 605 g/mol. The molecule has 1 saturated heterocycles. The molecule has 35 heavy (non-hydrogen) atoms.